The van der Waals surface area contributed by atoms with Crippen molar-refractivity contribution in [1.29, 1.82) is 0 Å². The Morgan fingerprint density at radius 1 is 1.32 bits per heavy atom. The van der Waals surface area contributed by atoms with Crippen LogP contribution in [0.4, 0.5) is 5.13 Å². The summed E-state index contributed by atoms with van der Waals surface area (Å²) in [5.74, 6) is -0.0540. The number of carbonyl (C=O) groups excluding carboxylic acids is 1. The second-order valence-electron chi connectivity index (χ2n) is 6.10. The van der Waals surface area contributed by atoms with Crippen molar-refractivity contribution in [3.63, 3.8) is 0 Å². The van der Waals surface area contributed by atoms with Gasteiger partial charge in [0, 0.05) is 11.4 Å². The number of thiazole rings is 1. The number of aryl methyl sites for hydroxylation is 2. The average molecular weight is 353 g/mol. The molecule has 1 amide bonds. The van der Waals surface area contributed by atoms with Gasteiger partial charge in [0.1, 0.15) is 12.1 Å². The van der Waals surface area contributed by atoms with Crippen LogP contribution < -0.4 is 4.90 Å². The summed E-state index contributed by atoms with van der Waals surface area (Å²) >= 11 is 1.63. The smallest absolute Gasteiger partial charge is 0.250 e. The molecule has 0 saturated carbocycles. The molecule has 0 radical (unpaired) electrons. The summed E-state index contributed by atoms with van der Waals surface area (Å²) in [6.45, 7) is 4.37. The first-order chi connectivity index (χ1) is 12.3. The molecular weight excluding hydrogens is 334 g/mol. The van der Waals surface area contributed by atoms with Crippen molar-refractivity contribution >= 4 is 33.4 Å². The van der Waals surface area contributed by atoms with Gasteiger partial charge >= 0.3 is 0 Å². The van der Waals surface area contributed by atoms with Gasteiger partial charge in [-0.05, 0) is 37.8 Å². The minimum atomic E-state index is -0.0540. The fraction of sp³-hybridized carbons (Fsp3) is 0.333. The molecule has 0 bridgehead atoms. The van der Waals surface area contributed by atoms with Gasteiger partial charge in [-0.15, -0.1) is 23.0 Å². The number of anilines is 1. The van der Waals surface area contributed by atoms with Crippen LogP contribution in [0, 0.1) is 0 Å². The van der Waals surface area contributed by atoms with Crippen LogP contribution in [-0.2, 0) is 24.2 Å². The number of aromatic nitrogens is 4. The molecule has 1 aliphatic carbocycles. The maximum Gasteiger partial charge on any atom is 0.250 e. The van der Waals surface area contributed by atoms with Crippen molar-refractivity contribution in [2.75, 3.05) is 11.4 Å². The van der Waals surface area contributed by atoms with Gasteiger partial charge < -0.3 is 0 Å². The lowest BCUT2D eigenvalue weighted by atomic mass is 10.0. The lowest BCUT2D eigenvalue weighted by molar-refractivity contribution is -0.119. The number of para-hydroxylation sites is 1. The highest BCUT2D eigenvalue weighted by molar-refractivity contribution is 7.16. The zero-order valence-electron chi connectivity index (χ0n) is 13.9. The number of rotatable bonds is 5. The minimum absolute atomic E-state index is 0.0540. The Hall–Kier alpha value is -2.54. The Morgan fingerprint density at radius 3 is 3.00 bits per heavy atom. The fourth-order valence-electron chi connectivity index (χ4n) is 3.12. The summed E-state index contributed by atoms with van der Waals surface area (Å²) in [7, 11) is 0. The molecule has 0 saturated heterocycles. The standard InChI is InChI=1S/C18H19N5OS/c1-2-11-22(18-19-14-8-4-6-10-16(14)25-18)17(24)12-23-15-9-5-3-7-13(15)20-21-23/h2-3,5,7,9H,1,4,6,8,10-12H2. The number of carbonyl (C=O) groups is 1. The Labute approximate surface area is 149 Å². The van der Waals surface area contributed by atoms with Gasteiger partial charge in [0.2, 0.25) is 0 Å². The van der Waals surface area contributed by atoms with E-state index in [1.54, 1.807) is 27.0 Å². The molecule has 3 aromatic rings. The molecule has 7 heteroatoms. The van der Waals surface area contributed by atoms with E-state index in [2.05, 4.69) is 16.9 Å². The third-order valence-electron chi connectivity index (χ3n) is 4.38. The van der Waals surface area contributed by atoms with Crippen LogP contribution in [0.1, 0.15) is 23.4 Å². The fourth-order valence-corrected chi connectivity index (χ4v) is 4.29. The second-order valence-corrected chi connectivity index (χ2v) is 7.16. The van der Waals surface area contributed by atoms with Crippen LogP contribution in [-0.4, -0.2) is 32.4 Å². The van der Waals surface area contributed by atoms with Gasteiger partial charge in [0.25, 0.3) is 5.91 Å². The molecular formula is C18H19N5OS. The van der Waals surface area contributed by atoms with E-state index >= 15 is 0 Å². The number of hydrogen-bond acceptors (Lipinski definition) is 5. The number of amides is 1. The first-order valence-corrected chi connectivity index (χ1v) is 9.26. The van der Waals surface area contributed by atoms with Crippen molar-refractivity contribution < 1.29 is 4.79 Å². The van der Waals surface area contributed by atoms with E-state index in [9.17, 15) is 4.79 Å². The second kappa shape index (κ2) is 6.76. The summed E-state index contributed by atoms with van der Waals surface area (Å²) in [6, 6.07) is 7.64. The Kier molecular flexibility index (Phi) is 4.31. The molecule has 128 valence electrons. The van der Waals surface area contributed by atoms with E-state index in [0.29, 0.717) is 6.54 Å². The van der Waals surface area contributed by atoms with E-state index in [1.165, 1.54) is 17.7 Å². The Morgan fingerprint density at radius 2 is 2.16 bits per heavy atom. The molecule has 4 rings (SSSR count). The quantitative estimate of drug-likeness (QED) is 0.662. The van der Waals surface area contributed by atoms with Gasteiger partial charge in [-0.3, -0.25) is 9.69 Å². The molecule has 2 aromatic heterocycles. The van der Waals surface area contributed by atoms with Crippen molar-refractivity contribution in [3.05, 3.63) is 47.5 Å². The molecule has 0 atom stereocenters. The first-order valence-electron chi connectivity index (χ1n) is 8.44. The molecule has 2 heterocycles. The first kappa shape index (κ1) is 16.0. The third-order valence-corrected chi connectivity index (χ3v) is 5.56. The lowest BCUT2D eigenvalue weighted by Gasteiger charge is -2.18. The molecule has 1 aliphatic rings. The van der Waals surface area contributed by atoms with E-state index in [1.807, 2.05) is 24.3 Å². The maximum atomic E-state index is 12.9. The van der Waals surface area contributed by atoms with Crippen molar-refractivity contribution in [1.82, 2.24) is 20.0 Å². The highest BCUT2D eigenvalue weighted by Gasteiger charge is 2.23. The van der Waals surface area contributed by atoms with Crippen molar-refractivity contribution in [2.45, 2.75) is 32.2 Å². The number of nitrogens with zero attached hydrogens (tertiary/aromatic N) is 5. The van der Waals surface area contributed by atoms with Crippen LogP contribution in [0.15, 0.2) is 36.9 Å². The molecule has 0 spiro atoms. The Balaban J connectivity index is 1.60. The highest BCUT2D eigenvalue weighted by atomic mass is 32.1. The van der Waals surface area contributed by atoms with Gasteiger partial charge in [0.15, 0.2) is 5.13 Å². The predicted octanol–water partition coefficient (Wildman–Crippen LogP) is 2.99. The maximum absolute atomic E-state index is 12.9. The van der Waals surface area contributed by atoms with E-state index in [4.69, 9.17) is 4.98 Å². The van der Waals surface area contributed by atoms with E-state index in [0.717, 1.165) is 34.7 Å². The van der Waals surface area contributed by atoms with Crippen LogP contribution in [0.3, 0.4) is 0 Å². The van der Waals surface area contributed by atoms with E-state index in [-0.39, 0.29) is 12.5 Å². The van der Waals surface area contributed by atoms with Gasteiger partial charge in [-0.1, -0.05) is 23.4 Å². The van der Waals surface area contributed by atoms with Crippen molar-refractivity contribution in [2.24, 2.45) is 0 Å². The summed E-state index contributed by atoms with van der Waals surface area (Å²) in [6.07, 6.45) is 6.19. The largest absolute Gasteiger partial charge is 0.283 e. The van der Waals surface area contributed by atoms with Crippen molar-refractivity contribution in [3.8, 4) is 0 Å². The lowest BCUT2D eigenvalue weighted by Crippen LogP contribution is -2.34. The Bertz CT molecular complexity index is 905. The number of fused-ring (bicyclic) bond motifs is 2. The van der Waals surface area contributed by atoms with E-state index < -0.39 is 0 Å². The SMILES string of the molecule is C=CCN(C(=O)Cn1nnc2ccccc21)c1nc2c(s1)CCCC2. The topological polar surface area (TPSA) is 63.9 Å². The van der Waals surface area contributed by atoms with Crippen LogP contribution in [0.5, 0.6) is 0 Å². The molecule has 25 heavy (non-hydrogen) atoms. The molecule has 0 unspecified atom stereocenters. The minimum Gasteiger partial charge on any atom is -0.283 e. The summed E-state index contributed by atoms with van der Waals surface area (Å²) in [5.41, 5.74) is 2.79. The van der Waals surface area contributed by atoms with Crippen LogP contribution in [0.2, 0.25) is 0 Å². The van der Waals surface area contributed by atoms with Crippen LogP contribution in [0.25, 0.3) is 11.0 Å². The molecule has 1 aromatic carbocycles. The third kappa shape index (κ3) is 3.07. The zero-order chi connectivity index (χ0) is 17.2. The normalized spacial score (nSPS) is 13.6. The number of benzene rings is 1. The predicted molar refractivity (Wildman–Crippen MR) is 98.8 cm³/mol. The summed E-state index contributed by atoms with van der Waals surface area (Å²) < 4.78 is 1.64. The molecule has 0 fully saturated rings. The number of hydrogen-bond donors (Lipinski definition) is 0. The monoisotopic (exact) mass is 353 g/mol. The van der Waals surface area contributed by atoms with Gasteiger partial charge in [-0.25, -0.2) is 9.67 Å². The molecule has 0 N–H and O–H groups in total. The summed E-state index contributed by atoms with van der Waals surface area (Å²) in [4.78, 5) is 20.6. The van der Waals surface area contributed by atoms with Gasteiger partial charge in [-0.2, -0.15) is 0 Å². The summed E-state index contributed by atoms with van der Waals surface area (Å²) in [5, 5.41) is 8.99. The zero-order valence-corrected chi connectivity index (χ0v) is 14.7. The van der Waals surface area contributed by atoms with Crippen LogP contribution >= 0.6 is 11.3 Å². The molecule has 0 aliphatic heterocycles. The van der Waals surface area contributed by atoms with Gasteiger partial charge in [0.05, 0.1) is 11.2 Å². The average Bonchev–Trinajstić information content (AvgIpc) is 3.24. The molecule has 6 nitrogen and oxygen atoms in total. The highest BCUT2D eigenvalue weighted by Crippen LogP contribution is 2.32.